The van der Waals surface area contributed by atoms with E-state index >= 15 is 0 Å². The Morgan fingerprint density at radius 2 is 1.72 bits per heavy atom. The molecule has 7 heteroatoms. The van der Waals surface area contributed by atoms with Crippen molar-refractivity contribution in [2.75, 3.05) is 5.32 Å². The van der Waals surface area contributed by atoms with Gasteiger partial charge in [-0.25, -0.2) is 15.0 Å². The summed E-state index contributed by atoms with van der Waals surface area (Å²) in [6.45, 7) is 3.00. The number of nitrogens with one attached hydrogen (secondary N) is 1. The van der Waals surface area contributed by atoms with E-state index in [-0.39, 0.29) is 11.9 Å². The summed E-state index contributed by atoms with van der Waals surface area (Å²) < 4.78 is 7.72. The lowest BCUT2D eigenvalue weighted by Gasteiger charge is -2.08. The predicted molar refractivity (Wildman–Crippen MR) is 123 cm³/mol. The number of amides is 1. The maximum Gasteiger partial charge on any atom is 0.321 e. The molecule has 7 nitrogen and oxygen atoms in total. The monoisotopic (exact) mass is 427 g/mol. The number of hydrogen-bond donors (Lipinski definition) is 1. The van der Waals surface area contributed by atoms with E-state index in [1.807, 2.05) is 73.9 Å². The third-order valence-electron chi connectivity index (χ3n) is 5.09. The standard InChI is InChI=1S/C25H25N5O2/c1-19-26-14-16-30(19)15-6-5-7-20-10-12-22(13-11-20)29-24(31)21-17-27-25(28-18-21)32-23-8-3-2-4-9-23/h2-4,8-14,16-18H,5-7,15H2,1H3,(H,29,31). The van der Waals surface area contributed by atoms with Crippen LogP contribution in [0.25, 0.3) is 0 Å². The Bertz CT molecular complexity index is 1140. The maximum atomic E-state index is 12.5. The second-order valence-electron chi connectivity index (χ2n) is 7.45. The highest BCUT2D eigenvalue weighted by Crippen LogP contribution is 2.17. The molecule has 0 aliphatic rings. The third kappa shape index (κ3) is 5.78. The number of unbranched alkanes of at least 4 members (excludes halogenated alkanes) is 1. The molecule has 0 saturated carbocycles. The summed E-state index contributed by atoms with van der Waals surface area (Å²) in [6, 6.07) is 17.4. The molecule has 2 aromatic heterocycles. The molecule has 0 spiro atoms. The predicted octanol–water partition coefficient (Wildman–Crippen LogP) is 5.05. The summed E-state index contributed by atoms with van der Waals surface area (Å²) in [7, 11) is 0. The molecule has 32 heavy (non-hydrogen) atoms. The quantitative estimate of drug-likeness (QED) is 0.378. The van der Waals surface area contributed by atoms with Gasteiger partial charge in [-0.05, 0) is 56.0 Å². The van der Waals surface area contributed by atoms with Crippen molar-refractivity contribution in [3.05, 3.63) is 96.3 Å². The van der Waals surface area contributed by atoms with Gasteiger partial charge in [0.15, 0.2) is 0 Å². The smallest absolute Gasteiger partial charge is 0.321 e. The molecule has 0 bridgehead atoms. The Labute approximate surface area is 187 Å². The highest BCUT2D eigenvalue weighted by Gasteiger charge is 2.09. The summed E-state index contributed by atoms with van der Waals surface area (Å²) in [5.74, 6) is 1.43. The van der Waals surface area contributed by atoms with Gasteiger partial charge in [0.2, 0.25) is 0 Å². The highest BCUT2D eigenvalue weighted by molar-refractivity contribution is 6.03. The Morgan fingerprint density at radius 3 is 2.41 bits per heavy atom. The number of imidazole rings is 1. The van der Waals surface area contributed by atoms with Crippen molar-refractivity contribution in [3.8, 4) is 11.8 Å². The van der Waals surface area contributed by atoms with Crippen molar-refractivity contribution in [3.63, 3.8) is 0 Å². The highest BCUT2D eigenvalue weighted by atomic mass is 16.5. The number of aryl methyl sites for hydroxylation is 3. The van der Waals surface area contributed by atoms with Crippen molar-refractivity contribution in [1.82, 2.24) is 19.5 Å². The number of para-hydroxylation sites is 1. The summed E-state index contributed by atoms with van der Waals surface area (Å²) in [5, 5.41) is 2.88. The number of anilines is 1. The Kier molecular flexibility index (Phi) is 6.87. The van der Waals surface area contributed by atoms with Crippen LogP contribution in [0.1, 0.15) is 34.6 Å². The first kappa shape index (κ1) is 21.2. The van der Waals surface area contributed by atoms with Crippen molar-refractivity contribution in [2.45, 2.75) is 32.7 Å². The number of hydrogen-bond acceptors (Lipinski definition) is 5. The fourth-order valence-electron chi connectivity index (χ4n) is 3.29. The van der Waals surface area contributed by atoms with E-state index in [2.05, 4.69) is 24.8 Å². The molecule has 2 heterocycles. The molecule has 162 valence electrons. The minimum Gasteiger partial charge on any atom is -0.424 e. The van der Waals surface area contributed by atoms with Crippen LogP contribution in [0.2, 0.25) is 0 Å². The first-order valence-electron chi connectivity index (χ1n) is 10.6. The molecule has 0 aliphatic heterocycles. The first-order chi connectivity index (χ1) is 15.7. The molecule has 4 rings (SSSR count). The SMILES string of the molecule is Cc1nccn1CCCCc1ccc(NC(=O)c2cnc(Oc3ccccc3)nc2)cc1. The molecular weight excluding hydrogens is 402 g/mol. The number of aromatic nitrogens is 4. The molecule has 0 unspecified atom stereocenters. The minimum atomic E-state index is -0.264. The van der Waals surface area contributed by atoms with Crippen molar-refractivity contribution < 1.29 is 9.53 Å². The normalized spacial score (nSPS) is 10.7. The van der Waals surface area contributed by atoms with Crippen molar-refractivity contribution in [1.29, 1.82) is 0 Å². The Balaban J connectivity index is 1.24. The largest absolute Gasteiger partial charge is 0.424 e. The van der Waals surface area contributed by atoms with Crippen LogP contribution in [0, 0.1) is 6.92 Å². The van der Waals surface area contributed by atoms with Gasteiger partial charge in [-0.3, -0.25) is 4.79 Å². The molecule has 1 N–H and O–H groups in total. The Morgan fingerprint density at radius 1 is 0.969 bits per heavy atom. The van der Waals surface area contributed by atoms with E-state index in [1.165, 1.54) is 18.0 Å². The molecule has 0 atom stereocenters. The van der Waals surface area contributed by atoms with Crippen LogP contribution in [0.15, 0.2) is 79.4 Å². The van der Waals surface area contributed by atoms with E-state index in [1.54, 1.807) is 0 Å². The molecule has 0 aliphatic carbocycles. The topological polar surface area (TPSA) is 81.9 Å². The van der Waals surface area contributed by atoms with Gasteiger partial charge >= 0.3 is 6.01 Å². The van der Waals surface area contributed by atoms with E-state index in [9.17, 15) is 4.79 Å². The molecule has 0 saturated heterocycles. The third-order valence-corrected chi connectivity index (χ3v) is 5.09. The van der Waals surface area contributed by atoms with Gasteiger partial charge < -0.3 is 14.6 Å². The van der Waals surface area contributed by atoms with E-state index in [0.717, 1.165) is 37.3 Å². The van der Waals surface area contributed by atoms with Gasteiger partial charge in [0, 0.05) is 37.0 Å². The fraction of sp³-hybridized carbons (Fsp3) is 0.200. The lowest BCUT2D eigenvalue weighted by molar-refractivity contribution is 0.102. The number of benzene rings is 2. The molecule has 0 fully saturated rings. The number of carbonyl (C=O) groups is 1. The number of ether oxygens (including phenoxy) is 1. The second-order valence-corrected chi connectivity index (χ2v) is 7.45. The lowest BCUT2D eigenvalue weighted by atomic mass is 10.1. The van der Waals surface area contributed by atoms with Crippen LogP contribution >= 0.6 is 0 Å². The van der Waals surface area contributed by atoms with Crippen LogP contribution in [-0.4, -0.2) is 25.4 Å². The van der Waals surface area contributed by atoms with Gasteiger partial charge in [-0.2, -0.15) is 0 Å². The molecular formula is C25H25N5O2. The molecule has 1 amide bonds. The van der Waals surface area contributed by atoms with Crippen LogP contribution in [0.3, 0.4) is 0 Å². The van der Waals surface area contributed by atoms with Crippen molar-refractivity contribution >= 4 is 11.6 Å². The average Bonchev–Trinajstić information content (AvgIpc) is 3.23. The second kappa shape index (κ2) is 10.3. The number of carbonyl (C=O) groups excluding carboxylic acids is 1. The van der Waals surface area contributed by atoms with Gasteiger partial charge in [0.25, 0.3) is 5.91 Å². The van der Waals surface area contributed by atoms with Gasteiger partial charge in [-0.1, -0.05) is 30.3 Å². The molecule has 0 radical (unpaired) electrons. The average molecular weight is 428 g/mol. The van der Waals surface area contributed by atoms with Gasteiger partial charge in [0.05, 0.1) is 5.56 Å². The zero-order valence-electron chi connectivity index (χ0n) is 17.9. The van der Waals surface area contributed by atoms with Crippen LogP contribution < -0.4 is 10.1 Å². The van der Waals surface area contributed by atoms with E-state index in [4.69, 9.17) is 4.74 Å². The van der Waals surface area contributed by atoms with Gasteiger partial charge in [0.1, 0.15) is 11.6 Å². The zero-order valence-corrected chi connectivity index (χ0v) is 17.9. The maximum absolute atomic E-state index is 12.5. The first-order valence-corrected chi connectivity index (χ1v) is 10.6. The van der Waals surface area contributed by atoms with E-state index in [0.29, 0.717) is 11.3 Å². The minimum absolute atomic E-state index is 0.195. The number of rotatable bonds is 9. The summed E-state index contributed by atoms with van der Waals surface area (Å²) in [4.78, 5) is 25.0. The van der Waals surface area contributed by atoms with Gasteiger partial charge in [-0.15, -0.1) is 0 Å². The van der Waals surface area contributed by atoms with Crippen LogP contribution in [0.5, 0.6) is 11.8 Å². The lowest BCUT2D eigenvalue weighted by Crippen LogP contribution is -2.12. The van der Waals surface area contributed by atoms with E-state index < -0.39 is 0 Å². The summed E-state index contributed by atoms with van der Waals surface area (Å²) in [5.41, 5.74) is 2.35. The molecule has 2 aromatic carbocycles. The van der Waals surface area contributed by atoms with Crippen LogP contribution in [-0.2, 0) is 13.0 Å². The Hall–Kier alpha value is -4.00. The fourth-order valence-corrected chi connectivity index (χ4v) is 3.29. The summed E-state index contributed by atoms with van der Waals surface area (Å²) >= 11 is 0. The number of nitrogens with zero attached hydrogens (tertiary/aromatic N) is 4. The van der Waals surface area contributed by atoms with Crippen LogP contribution in [0.4, 0.5) is 5.69 Å². The summed E-state index contributed by atoms with van der Waals surface area (Å²) in [6.07, 6.45) is 9.95. The van der Waals surface area contributed by atoms with Crippen molar-refractivity contribution in [2.24, 2.45) is 0 Å². The molecule has 4 aromatic rings. The zero-order chi connectivity index (χ0) is 22.2.